The third-order valence-electron chi connectivity index (χ3n) is 5.00. The van der Waals surface area contributed by atoms with E-state index < -0.39 is 29.0 Å². The summed E-state index contributed by atoms with van der Waals surface area (Å²) in [5.41, 5.74) is 2.49. The molecule has 3 rings (SSSR count). The maximum absolute atomic E-state index is 10.3. The summed E-state index contributed by atoms with van der Waals surface area (Å²) in [6, 6.07) is 10.3. The number of pyridine rings is 1. The predicted molar refractivity (Wildman–Crippen MR) is 108 cm³/mol. The van der Waals surface area contributed by atoms with E-state index in [9.17, 15) is 20.4 Å². The summed E-state index contributed by atoms with van der Waals surface area (Å²) in [7, 11) is 0. The van der Waals surface area contributed by atoms with Crippen LogP contribution in [-0.4, -0.2) is 61.0 Å². The lowest BCUT2D eigenvalue weighted by Gasteiger charge is -2.39. The van der Waals surface area contributed by atoms with Gasteiger partial charge in [0.1, 0.15) is 18.0 Å². The summed E-state index contributed by atoms with van der Waals surface area (Å²) < 4.78 is 5.95. The second kappa shape index (κ2) is 9.24. The van der Waals surface area contributed by atoms with Crippen LogP contribution < -0.4 is 4.74 Å². The molecule has 0 bridgehead atoms. The average molecular weight is 406 g/mol. The minimum Gasteiger partial charge on any atom is -0.475 e. The van der Waals surface area contributed by atoms with Gasteiger partial charge in [-0.25, -0.2) is 0 Å². The molecule has 1 aromatic carbocycles. The molecular weight excluding hydrogens is 378 g/mol. The number of ether oxygens (including phenoxy) is 1. The van der Waals surface area contributed by atoms with Crippen LogP contribution in [0.25, 0.3) is 0 Å². The van der Waals surface area contributed by atoms with Gasteiger partial charge in [-0.05, 0) is 23.1 Å². The van der Waals surface area contributed by atoms with Crippen LogP contribution >= 0.6 is 11.8 Å². The van der Waals surface area contributed by atoms with Crippen LogP contribution in [0.15, 0.2) is 42.7 Å². The van der Waals surface area contributed by atoms with Gasteiger partial charge in [0.2, 0.25) is 0 Å². The van der Waals surface area contributed by atoms with Crippen LogP contribution in [0, 0.1) is 0 Å². The van der Waals surface area contributed by atoms with Gasteiger partial charge in [0.25, 0.3) is 0 Å². The Hall–Kier alpha value is -1.64. The average Bonchev–Trinajstić information content (AvgIpc) is 2.70. The van der Waals surface area contributed by atoms with Crippen LogP contribution in [0.5, 0.6) is 5.75 Å². The first kappa shape index (κ1) is 21.1. The fraction of sp³-hybridized carbons (Fsp3) is 0.476. The van der Waals surface area contributed by atoms with E-state index in [1.165, 1.54) is 5.56 Å². The first-order valence-corrected chi connectivity index (χ1v) is 10.3. The fourth-order valence-electron chi connectivity index (χ4n) is 3.19. The van der Waals surface area contributed by atoms with Crippen molar-refractivity contribution in [1.29, 1.82) is 0 Å². The van der Waals surface area contributed by atoms with Crippen LogP contribution in [0.4, 0.5) is 0 Å². The molecule has 1 aliphatic heterocycles. The first-order valence-electron chi connectivity index (χ1n) is 9.39. The lowest BCUT2D eigenvalue weighted by Crippen LogP contribution is -2.55. The number of aliphatic hydroxyl groups excluding tert-OH is 4. The van der Waals surface area contributed by atoms with Crippen molar-refractivity contribution in [3.63, 3.8) is 0 Å². The standard InChI is InChI=1S/C21H27NO5S/c1-12(2)14-5-3-13(4-6-14)9-15-7-8-22-10-16(15)27-21-20(26)19(25)18(24)17(11-23)28-21/h3-8,10,12,17-21,23-26H,9,11H2,1-2H3/t17-,18-,19+,20-,21-/m1/s1. The van der Waals surface area contributed by atoms with Crippen molar-refractivity contribution in [1.82, 2.24) is 4.98 Å². The van der Waals surface area contributed by atoms with Crippen LogP contribution in [0.3, 0.4) is 0 Å². The molecule has 1 aliphatic rings. The lowest BCUT2D eigenvalue weighted by molar-refractivity contribution is -0.0910. The van der Waals surface area contributed by atoms with Crippen molar-refractivity contribution in [3.05, 3.63) is 59.4 Å². The van der Waals surface area contributed by atoms with E-state index in [2.05, 4.69) is 43.1 Å². The maximum atomic E-state index is 10.3. The minimum absolute atomic E-state index is 0.322. The molecule has 0 saturated carbocycles. The molecule has 1 aromatic heterocycles. The Labute approximate surface area is 169 Å². The largest absolute Gasteiger partial charge is 0.475 e. The van der Waals surface area contributed by atoms with Gasteiger partial charge in [0.05, 0.1) is 24.2 Å². The molecule has 5 atom stereocenters. The van der Waals surface area contributed by atoms with Gasteiger partial charge in [0, 0.05) is 18.2 Å². The monoisotopic (exact) mass is 405 g/mol. The smallest absolute Gasteiger partial charge is 0.173 e. The number of thioether (sulfide) groups is 1. The normalized spacial score (nSPS) is 27.8. The van der Waals surface area contributed by atoms with Crippen LogP contribution in [-0.2, 0) is 6.42 Å². The molecule has 28 heavy (non-hydrogen) atoms. The minimum atomic E-state index is -1.38. The molecule has 0 spiro atoms. The van der Waals surface area contributed by atoms with Gasteiger partial charge in [-0.2, -0.15) is 0 Å². The number of aliphatic hydroxyl groups is 4. The Balaban J connectivity index is 1.76. The summed E-state index contributed by atoms with van der Waals surface area (Å²) in [6.07, 6.45) is 0.0323. The van der Waals surface area contributed by atoms with E-state index in [-0.39, 0.29) is 6.61 Å². The second-order valence-corrected chi connectivity index (χ2v) is 8.71. The molecule has 7 heteroatoms. The number of aromatic nitrogens is 1. The lowest BCUT2D eigenvalue weighted by atomic mass is 9.99. The fourth-order valence-corrected chi connectivity index (χ4v) is 4.42. The predicted octanol–water partition coefficient (Wildman–Crippen LogP) is 1.69. The Kier molecular flexibility index (Phi) is 6.95. The van der Waals surface area contributed by atoms with Gasteiger partial charge >= 0.3 is 0 Å². The molecule has 1 fully saturated rings. The van der Waals surface area contributed by atoms with E-state index in [0.29, 0.717) is 18.1 Å². The number of nitrogens with zero attached hydrogens (tertiary/aromatic N) is 1. The first-order chi connectivity index (χ1) is 13.4. The Morgan fingerprint density at radius 1 is 1.04 bits per heavy atom. The van der Waals surface area contributed by atoms with Crippen molar-refractivity contribution in [2.45, 2.75) is 55.2 Å². The summed E-state index contributed by atoms with van der Waals surface area (Å²) >= 11 is 1.11. The SMILES string of the molecule is CC(C)c1ccc(Cc2ccncc2O[C@@H]2S[C@H](CO)[C@@H](O)[C@H](O)[C@H]2O)cc1. The van der Waals surface area contributed by atoms with Crippen molar-refractivity contribution >= 4 is 11.8 Å². The Bertz CT molecular complexity index is 768. The highest BCUT2D eigenvalue weighted by molar-refractivity contribution is 8.00. The molecule has 6 nitrogen and oxygen atoms in total. The third-order valence-corrected chi connectivity index (χ3v) is 6.42. The number of rotatable bonds is 6. The number of hydrogen-bond donors (Lipinski definition) is 4. The van der Waals surface area contributed by atoms with Crippen molar-refractivity contribution < 1.29 is 25.2 Å². The Morgan fingerprint density at radius 2 is 1.75 bits per heavy atom. The van der Waals surface area contributed by atoms with Gasteiger partial charge in [-0.3, -0.25) is 4.98 Å². The molecule has 0 amide bonds. The molecule has 0 radical (unpaired) electrons. The van der Waals surface area contributed by atoms with Gasteiger partial charge in [0.15, 0.2) is 5.44 Å². The van der Waals surface area contributed by atoms with E-state index in [0.717, 1.165) is 22.9 Å². The molecular formula is C21H27NO5S. The topological polar surface area (TPSA) is 103 Å². The summed E-state index contributed by atoms with van der Waals surface area (Å²) in [5, 5.41) is 39.1. The summed E-state index contributed by atoms with van der Waals surface area (Å²) in [5.74, 6) is 0.979. The van der Waals surface area contributed by atoms with E-state index in [1.54, 1.807) is 12.4 Å². The van der Waals surface area contributed by atoms with Crippen molar-refractivity contribution in [2.75, 3.05) is 6.61 Å². The van der Waals surface area contributed by atoms with Crippen LogP contribution in [0.2, 0.25) is 0 Å². The van der Waals surface area contributed by atoms with E-state index in [4.69, 9.17) is 4.74 Å². The molecule has 0 aliphatic carbocycles. The van der Waals surface area contributed by atoms with E-state index in [1.807, 2.05) is 6.07 Å². The molecule has 1 saturated heterocycles. The van der Waals surface area contributed by atoms with Gasteiger partial charge < -0.3 is 25.2 Å². The van der Waals surface area contributed by atoms with Crippen LogP contribution in [0.1, 0.15) is 36.5 Å². The Morgan fingerprint density at radius 3 is 2.39 bits per heavy atom. The molecule has 4 N–H and O–H groups in total. The zero-order valence-corrected chi connectivity index (χ0v) is 16.8. The second-order valence-electron chi connectivity index (χ2n) is 7.37. The molecule has 0 unspecified atom stereocenters. The molecule has 152 valence electrons. The molecule has 2 heterocycles. The van der Waals surface area contributed by atoms with Crippen molar-refractivity contribution in [3.8, 4) is 5.75 Å². The van der Waals surface area contributed by atoms with E-state index >= 15 is 0 Å². The summed E-state index contributed by atoms with van der Waals surface area (Å²) in [4.78, 5) is 4.11. The molecule has 2 aromatic rings. The van der Waals surface area contributed by atoms with Gasteiger partial charge in [-0.1, -0.05) is 38.1 Å². The maximum Gasteiger partial charge on any atom is 0.173 e. The zero-order chi connectivity index (χ0) is 20.3. The zero-order valence-electron chi connectivity index (χ0n) is 16.0. The quantitative estimate of drug-likeness (QED) is 0.580. The highest BCUT2D eigenvalue weighted by atomic mass is 32.2. The summed E-state index contributed by atoms with van der Waals surface area (Å²) in [6.45, 7) is 3.99. The van der Waals surface area contributed by atoms with Gasteiger partial charge in [-0.15, -0.1) is 11.8 Å². The van der Waals surface area contributed by atoms with Crippen molar-refractivity contribution in [2.24, 2.45) is 0 Å². The number of hydrogen-bond acceptors (Lipinski definition) is 7. The highest BCUT2D eigenvalue weighted by Gasteiger charge is 2.44. The number of benzene rings is 1. The third kappa shape index (κ3) is 4.67. The highest BCUT2D eigenvalue weighted by Crippen LogP contribution is 2.35.